The molecule has 2 aliphatic heterocycles. The van der Waals surface area contributed by atoms with Crippen LogP contribution in [0.1, 0.15) is 60.1 Å². The molecule has 0 unspecified atom stereocenters. The van der Waals surface area contributed by atoms with Gasteiger partial charge in [0.15, 0.2) is 5.69 Å². The molecule has 2 saturated heterocycles. The minimum Gasteiger partial charge on any atom is -0.335 e. The first-order valence-electron chi connectivity index (χ1n) is 12.0. The molecule has 1 aliphatic carbocycles. The first kappa shape index (κ1) is 21.2. The molecule has 0 spiro atoms. The molecular weight excluding hydrogens is 406 g/mol. The molecule has 0 bridgehead atoms. The van der Waals surface area contributed by atoms with E-state index in [-0.39, 0.29) is 5.91 Å². The molecule has 6 nitrogen and oxygen atoms in total. The van der Waals surface area contributed by atoms with Gasteiger partial charge in [0.1, 0.15) is 0 Å². The van der Waals surface area contributed by atoms with Gasteiger partial charge in [-0.1, -0.05) is 13.8 Å². The van der Waals surface area contributed by atoms with Gasteiger partial charge in [-0.05, 0) is 69.1 Å². The van der Waals surface area contributed by atoms with Crippen molar-refractivity contribution in [2.24, 2.45) is 5.92 Å². The number of aromatic nitrogens is 2. The summed E-state index contributed by atoms with van der Waals surface area (Å²) in [5, 5.41) is 10.7. The van der Waals surface area contributed by atoms with Crippen LogP contribution >= 0.6 is 11.3 Å². The smallest absolute Gasteiger partial charge is 0.274 e. The number of hydrogen-bond acceptors (Lipinski definition) is 5. The Balaban J connectivity index is 1.39. The molecule has 4 heterocycles. The van der Waals surface area contributed by atoms with Crippen molar-refractivity contribution in [3.63, 3.8) is 0 Å². The molecule has 2 aromatic rings. The summed E-state index contributed by atoms with van der Waals surface area (Å²) in [5.74, 6) is 0.873. The Labute approximate surface area is 189 Å². The lowest BCUT2D eigenvalue weighted by molar-refractivity contribution is 0.0623. The topological polar surface area (TPSA) is 53.4 Å². The van der Waals surface area contributed by atoms with Crippen LogP contribution in [0.3, 0.4) is 0 Å². The zero-order valence-corrected chi connectivity index (χ0v) is 19.7. The standard InChI is InChI=1S/C24H35N5OS/c1-17(2)7-11-27-12-14-28(15-13-27)24(30)22-20-3-4-21-19(8-16-31-21)23(20)29(26-22)18-5-9-25-10-6-18/h8,16-18,25H,3-7,9-15H2,1-2H3. The van der Waals surface area contributed by atoms with Gasteiger partial charge in [0.25, 0.3) is 5.91 Å². The lowest BCUT2D eigenvalue weighted by Gasteiger charge is -2.34. The Morgan fingerprint density at radius 1 is 1.19 bits per heavy atom. The summed E-state index contributed by atoms with van der Waals surface area (Å²) >= 11 is 1.84. The predicted octanol–water partition coefficient (Wildman–Crippen LogP) is 3.44. The van der Waals surface area contributed by atoms with E-state index < -0.39 is 0 Å². The highest BCUT2D eigenvalue weighted by Gasteiger charge is 2.34. The van der Waals surface area contributed by atoms with Crippen molar-refractivity contribution in [2.45, 2.75) is 52.0 Å². The van der Waals surface area contributed by atoms with E-state index >= 15 is 0 Å². The fourth-order valence-corrected chi connectivity index (χ4v) is 6.11. The van der Waals surface area contributed by atoms with Gasteiger partial charge in [-0.2, -0.15) is 5.10 Å². The van der Waals surface area contributed by atoms with E-state index in [9.17, 15) is 4.79 Å². The molecule has 1 N–H and O–H groups in total. The third kappa shape index (κ3) is 4.20. The minimum absolute atomic E-state index is 0.145. The second kappa shape index (κ2) is 9.04. The van der Waals surface area contributed by atoms with Crippen LogP contribution in [0.5, 0.6) is 0 Å². The number of nitrogens with zero attached hydrogens (tertiary/aromatic N) is 4. The molecule has 3 aliphatic rings. The first-order chi connectivity index (χ1) is 15.1. The van der Waals surface area contributed by atoms with Crippen LogP contribution in [0.25, 0.3) is 11.3 Å². The largest absolute Gasteiger partial charge is 0.335 e. The number of carbonyl (C=O) groups excluding carboxylic acids is 1. The van der Waals surface area contributed by atoms with Gasteiger partial charge in [0, 0.05) is 42.2 Å². The van der Waals surface area contributed by atoms with Crippen molar-refractivity contribution in [2.75, 3.05) is 45.8 Å². The highest BCUT2D eigenvalue weighted by atomic mass is 32.1. The fourth-order valence-electron chi connectivity index (χ4n) is 5.23. The lowest BCUT2D eigenvalue weighted by atomic mass is 9.93. The number of aryl methyl sites for hydroxylation is 1. The highest BCUT2D eigenvalue weighted by molar-refractivity contribution is 7.10. The number of carbonyl (C=O) groups is 1. The number of fused-ring (bicyclic) bond motifs is 3. The summed E-state index contributed by atoms with van der Waals surface area (Å²) in [4.78, 5) is 19.6. The third-order valence-electron chi connectivity index (χ3n) is 7.15. The van der Waals surface area contributed by atoms with E-state index in [1.54, 1.807) is 0 Å². The number of thiophene rings is 1. The van der Waals surface area contributed by atoms with E-state index in [1.807, 2.05) is 16.2 Å². The van der Waals surface area contributed by atoms with E-state index in [0.29, 0.717) is 6.04 Å². The maximum absolute atomic E-state index is 13.6. The van der Waals surface area contributed by atoms with Crippen LogP contribution in [0, 0.1) is 5.92 Å². The minimum atomic E-state index is 0.145. The Kier molecular flexibility index (Phi) is 6.17. The average Bonchev–Trinajstić information content (AvgIpc) is 3.42. The maximum atomic E-state index is 13.6. The summed E-state index contributed by atoms with van der Waals surface area (Å²) in [6, 6.07) is 2.62. The number of piperidine rings is 1. The molecular formula is C24H35N5OS. The van der Waals surface area contributed by atoms with Crippen molar-refractivity contribution in [1.29, 1.82) is 0 Å². The summed E-state index contributed by atoms with van der Waals surface area (Å²) in [6.45, 7) is 11.3. The Morgan fingerprint density at radius 2 is 1.97 bits per heavy atom. The Bertz CT molecular complexity index is 919. The van der Waals surface area contributed by atoms with Crippen molar-refractivity contribution in [3.05, 3.63) is 27.6 Å². The van der Waals surface area contributed by atoms with Crippen LogP contribution in [-0.4, -0.2) is 71.3 Å². The van der Waals surface area contributed by atoms with Crippen molar-refractivity contribution < 1.29 is 4.79 Å². The van der Waals surface area contributed by atoms with E-state index in [4.69, 9.17) is 5.10 Å². The van der Waals surface area contributed by atoms with Gasteiger partial charge in [-0.15, -0.1) is 11.3 Å². The zero-order valence-electron chi connectivity index (χ0n) is 18.9. The van der Waals surface area contributed by atoms with Crippen LogP contribution in [0.15, 0.2) is 11.4 Å². The predicted molar refractivity (Wildman–Crippen MR) is 126 cm³/mol. The molecule has 0 saturated carbocycles. The monoisotopic (exact) mass is 441 g/mol. The summed E-state index contributed by atoms with van der Waals surface area (Å²) in [6.07, 6.45) is 5.35. The molecule has 168 valence electrons. The van der Waals surface area contributed by atoms with Crippen LogP contribution < -0.4 is 5.32 Å². The maximum Gasteiger partial charge on any atom is 0.274 e. The second-order valence-electron chi connectivity index (χ2n) is 9.68. The molecule has 2 fully saturated rings. The van der Waals surface area contributed by atoms with Gasteiger partial charge < -0.3 is 10.2 Å². The van der Waals surface area contributed by atoms with E-state index in [0.717, 1.165) is 83.1 Å². The SMILES string of the molecule is CC(C)CCN1CCN(C(=O)c2nn(C3CCNCC3)c3c2CCc2sccc2-3)CC1. The number of piperazine rings is 1. The number of rotatable bonds is 5. The molecule has 5 rings (SSSR count). The molecule has 7 heteroatoms. The van der Waals surface area contributed by atoms with Crippen LogP contribution in [0.2, 0.25) is 0 Å². The van der Waals surface area contributed by atoms with E-state index in [2.05, 4.69) is 40.2 Å². The van der Waals surface area contributed by atoms with Crippen molar-refractivity contribution in [3.8, 4) is 11.3 Å². The second-order valence-corrected chi connectivity index (χ2v) is 10.7. The summed E-state index contributed by atoms with van der Waals surface area (Å²) in [5.41, 5.74) is 4.46. The van der Waals surface area contributed by atoms with Gasteiger partial charge in [0.2, 0.25) is 0 Å². The molecule has 0 aromatic carbocycles. The molecule has 0 atom stereocenters. The zero-order chi connectivity index (χ0) is 21.4. The van der Waals surface area contributed by atoms with Crippen LogP contribution in [0.4, 0.5) is 0 Å². The average molecular weight is 442 g/mol. The molecule has 0 radical (unpaired) electrons. The first-order valence-corrected chi connectivity index (χ1v) is 12.9. The third-order valence-corrected chi connectivity index (χ3v) is 8.13. The van der Waals surface area contributed by atoms with Crippen molar-refractivity contribution in [1.82, 2.24) is 24.9 Å². The Hall–Kier alpha value is -1.70. The Morgan fingerprint density at radius 3 is 2.71 bits per heavy atom. The number of nitrogens with one attached hydrogen (secondary N) is 1. The number of hydrogen-bond donors (Lipinski definition) is 1. The van der Waals surface area contributed by atoms with Crippen LogP contribution in [-0.2, 0) is 12.8 Å². The molecule has 1 amide bonds. The van der Waals surface area contributed by atoms with Crippen molar-refractivity contribution >= 4 is 17.2 Å². The van der Waals surface area contributed by atoms with Gasteiger partial charge >= 0.3 is 0 Å². The molecule has 2 aromatic heterocycles. The van der Waals surface area contributed by atoms with Gasteiger partial charge in [-0.3, -0.25) is 14.4 Å². The lowest BCUT2D eigenvalue weighted by Crippen LogP contribution is -2.49. The quantitative estimate of drug-likeness (QED) is 0.772. The van der Waals surface area contributed by atoms with E-state index in [1.165, 1.54) is 28.1 Å². The summed E-state index contributed by atoms with van der Waals surface area (Å²) < 4.78 is 2.23. The fraction of sp³-hybridized carbons (Fsp3) is 0.667. The highest BCUT2D eigenvalue weighted by Crippen LogP contribution is 2.40. The molecule has 31 heavy (non-hydrogen) atoms. The number of amides is 1. The van der Waals surface area contributed by atoms with Gasteiger partial charge in [0.05, 0.1) is 11.7 Å². The normalized spacial score (nSPS) is 20.2. The van der Waals surface area contributed by atoms with Gasteiger partial charge in [-0.25, -0.2) is 0 Å². The summed E-state index contributed by atoms with van der Waals surface area (Å²) in [7, 11) is 0.